The Morgan fingerprint density at radius 1 is 0.675 bits per heavy atom. The monoisotopic (exact) mass is 604 g/mol. The van der Waals surface area contributed by atoms with Crippen LogP contribution in [0.25, 0.3) is 0 Å². The summed E-state index contributed by atoms with van der Waals surface area (Å²) in [5, 5.41) is 0. The van der Waals surface area contributed by atoms with Crippen LogP contribution in [0.1, 0.15) is 23.3 Å². The number of ether oxygens (including phenoxy) is 3. The van der Waals surface area contributed by atoms with E-state index in [0.29, 0.717) is 11.1 Å². The molecule has 40 heavy (non-hydrogen) atoms. The zero-order valence-electron chi connectivity index (χ0n) is 21.1. The van der Waals surface area contributed by atoms with Crippen molar-refractivity contribution in [1.29, 1.82) is 0 Å². The van der Waals surface area contributed by atoms with Gasteiger partial charge in [0.2, 0.25) is 0 Å². The topological polar surface area (TPSA) is 34.2 Å². The Hall–Kier alpha value is -2.03. The fraction of sp³-hybridized carbons (Fsp3) is 0.538. The van der Waals surface area contributed by atoms with Gasteiger partial charge >= 0.3 is 12.4 Å². The Balaban J connectivity index is 0.00000441. The van der Waals surface area contributed by atoms with Gasteiger partial charge in [0.15, 0.2) is 12.2 Å². The van der Waals surface area contributed by atoms with E-state index in [1.54, 1.807) is 0 Å². The predicted octanol–water partition coefficient (Wildman–Crippen LogP) is 5.71. The average molecular weight is 605 g/mol. The maximum Gasteiger partial charge on any atom is 0.415 e. The number of alkyl halides is 6. The van der Waals surface area contributed by atoms with Crippen molar-refractivity contribution in [3.8, 4) is 0 Å². The summed E-state index contributed by atoms with van der Waals surface area (Å²) in [6.07, 6.45) is -16.9. The third-order valence-electron chi connectivity index (χ3n) is 6.69. The number of benzene rings is 2. The second-order valence-corrected chi connectivity index (χ2v) is 9.54. The Kier molecular flexibility index (Phi) is 11.2. The first-order valence-electron chi connectivity index (χ1n) is 12.4. The first-order chi connectivity index (χ1) is 18.4. The highest BCUT2D eigenvalue weighted by molar-refractivity contribution is 5.85. The number of nitrogens with zero attached hydrogens (tertiary/aromatic N) is 2. The quantitative estimate of drug-likeness (QED) is 0.361. The summed E-state index contributed by atoms with van der Waals surface area (Å²) in [6.45, 7) is -1.47. The fourth-order valence-electron chi connectivity index (χ4n) is 4.61. The number of hydrogen-bond donors (Lipinski definition) is 0. The van der Waals surface area contributed by atoms with Crippen molar-refractivity contribution in [2.24, 2.45) is 0 Å². The molecule has 0 aliphatic carbocycles. The standard InChI is InChI=1S/C26H28F8N2O3.ClH/c27-19-5-1-17(2-6-19)21-13-35(9-11-37-21)15-23(25(29,30)31)39-24(26(32,33)34)16-36-10-12-38-22(14-36)18-3-7-20(28)8-4-18;/h1-8,21-24H,9-16H2;1H/t21?,22?,23-,24-;/m0./s1. The van der Waals surface area contributed by atoms with Crippen molar-refractivity contribution >= 4 is 12.4 Å². The molecule has 0 N–H and O–H groups in total. The van der Waals surface area contributed by atoms with Crippen LogP contribution >= 0.6 is 12.4 Å². The Bertz CT molecular complexity index is 972. The first-order valence-corrected chi connectivity index (χ1v) is 12.4. The van der Waals surface area contributed by atoms with Gasteiger partial charge in [-0.05, 0) is 35.4 Å². The van der Waals surface area contributed by atoms with Crippen molar-refractivity contribution in [3.05, 3.63) is 71.3 Å². The molecule has 2 heterocycles. The van der Waals surface area contributed by atoms with E-state index in [0.717, 1.165) is 0 Å². The lowest BCUT2D eigenvalue weighted by Crippen LogP contribution is -2.53. The molecular formula is C26H29ClF8N2O3. The normalized spacial score (nSPS) is 22.9. The van der Waals surface area contributed by atoms with E-state index in [2.05, 4.69) is 0 Å². The van der Waals surface area contributed by atoms with E-state index in [1.807, 2.05) is 0 Å². The largest absolute Gasteiger partial charge is 0.415 e. The molecule has 2 unspecified atom stereocenters. The van der Waals surface area contributed by atoms with Crippen LogP contribution in [0.5, 0.6) is 0 Å². The van der Waals surface area contributed by atoms with Crippen LogP contribution in [0.4, 0.5) is 35.1 Å². The summed E-state index contributed by atoms with van der Waals surface area (Å²) >= 11 is 0. The van der Waals surface area contributed by atoms with Gasteiger partial charge in [-0.2, -0.15) is 26.3 Å². The zero-order valence-corrected chi connectivity index (χ0v) is 22.0. The van der Waals surface area contributed by atoms with Gasteiger partial charge in [0.05, 0.1) is 25.4 Å². The Morgan fingerprint density at radius 3 is 1.35 bits per heavy atom. The summed E-state index contributed by atoms with van der Waals surface area (Å²) in [4.78, 5) is 2.67. The van der Waals surface area contributed by atoms with Gasteiger partial charge in [0, 0.05) is 39.3 Å². The summed E-state index contributed by atoms with van der Waals surface area (Å²) in [5.74, 6) is -0.973. The summed E-state index contributed by atoms with van der Waals surface area (Å²) < 4.78 is 126. The maximum atomic E-state index is 13.9. The zero-order chi connectivity index (χ0) is 28.2. The van der Waals surface area contributed by atoms with Crippen molar-refractivity contribution in [1.82, 2.24) is 9.80 Å². The molecule has 0 radical (unpaired) electrons. The Morgan fingerprint density at radius 2 is 1.02 bits per heavy atom. The molecule has 0 bridgehead atoms. The lowest BCUT2D eigenvalue weighted by Gasteiger charge is -2.38. The third kappa shape index (κ3) is 8.98. The van der Waals surface area contributed by atoms with Gasteiger partial charge in [0.25, 0.3) is 0 Å². The predicted molar refractivity (Wildman–Crippen MR) is 131 cm³/mol. The minimum absolute atomic E-state index is 0. The molecule has 2 aliphatic heterocycles. The molecule has 4 rings (SSSR count). The number of halogens is 9. The third-order valence-corrected chi connectivity index (χ3v) is 6.69. The first kappa shape index (κ1) is 32.5. The minimum atomic E-state index is -5.06. The maximum absolute atomic E-state index is 13.9. The van der Waals surface area contributed by atoms with Crippen LogP contribution in [-0.4, -0.2) is 86.8 Å². The van der Waals surface area contributed by atoms with Crippen LogP contribution < -0.4 is 0 Å². The van der Waals surface area contributed by atoms with Gasteiger partial charge in [-0.15, -0.1) is 12.4 Å². The van der Waals surface area contributed by atoms with Gasteiger partial charge in [0.1, 0.15) is 11.6 Å². The molecule has 0 aromatic heterocycles. The van der Waals surface area contributed by atoms with Gasteiger partial charge < -0.3 is 14.2 Å². The van der Waals surface area contributed by atoms with E-state index in [4.69, 9.17) is 14.2 Å². The molecule has 14 heteroatoms. The molecule has 5 nitrogen and oxygen atoms in total. The lowest BCUT2D eigenvalue weighted by molar-refractivity contribution is -0.292. The molecule has 2 aliphatic rings. The molecule has 0 spiro atoms. The van der Waals surface area contributed by atoms with Crippen LogP contribution in [0.3, 0.4) is 0 Å². The Labute approximate surface area is 232 Å². The SMILES string of the molecule is Cl.Fc1ccc(C2CN(C[C@H](O[C@@H](CN3CCOC(c4ccc(F)cc4)C3)C(F)(F)F)C(F)(F)F)CCO2)cc1. The number of rotatable bonds is 8. The van der Waals surface area contributed by atoms with Crippen molar-refractivity contribution in [2.75, 3.05) is 52.5 Å². The fourth-order valence-corrected chi connectivity index (χ4v) is 4.61. The molecule has 0 saturated carbocycles. The highest BCUT2D eigenvalue weighted by Gasteiger charge is 2.50. The van der Waals surface area contributed by atoms with Gasteiger partial charge in [-0.1, -0.05) is 24.3 Å². The van der Waals surface area contributed by atoms with Crippen molar-refractivity contribution < 1.29 is 49.3 Å². The van der Waals surface area contributed by atoms with E-state index >= 15 is 0 Å². The van der Waals surface area contributed by atoms with Crippen LogP contribution in [-0.2, 0) is 14.2 Å². The summed E-state index contributed by atoms with van der Waals surface area (Å²) in [7, 11) is 0. The van der Waals surface area contributed by atoms with Gasteiger partial charge in [-0.3, -0.25) is 9.80 Å². The molecule has 2 fully saturated rings. The van der Waals surface area contributed by atoms with E-state index < -0.39 is 61.5 Å². The summed E-state index contributed by atoms with van der Waals surface area (Å²) in [6, 6.07) is 10.6. The molecule has 224 valence electrons. The number of morpholine rings is 2. The highest BCUT2D eigenvalue weighted by Crippen LogP contribution is 2.33. The van der Waals surface area contributed by atoms with E-state index in [9.17, 15) is 35.1 Å². The van der Waals surface area contributed by atoms with Crippen LogP contribution in [0.2, 0.25) is 0 Å². The molecule has 0 amide bonds. The second kappa shape index (κ2) is 13.8. The molecular weight excluding hydrogens is 576 g/mol. The van der Waals surface area contributed by atoms with Crippen molar-refractivity contribution in [2.45, 2.75) is 36.8 Å². The van der Waals surface area contributed by atoms with Crippen LogP contribution in [0, 0.1) is 11.6 Å². The lowest BCUT2D eigenvalue weighted by atomic mass is 10.1. The molecule has 4 atom stereocenters. The van der Waals surface area contributed by atoms with Gasteiger partial charge in [-0.25, -0.2) is 8.78 Å². The van der Waals surface area contributed by atoms with E-state index in [1.165, 1.54) is 58.3 Å². The second-order valence-electron chi connectivity index (χ2n) is 9.54. The smallest absolute Gasteiger partial charge is 0.371 e. The molecule has 2 aromatic carbocycles. The van der Waals surface area contributed by atoms with Crippen LogP contribution in [0.15, 0.2) is 48.5 Å². The average Bonchev–Trinajstić information content (AvgIpc) is 2.88. The molecule has 2 aromatic rings. The molecule has 2 saturated heterocycles. The minimum Gasteiger partial charge on any atom is -0.371 e. The highest BCUT2D eigenvalue weighted by atomic mass is 35.5. The summed E-state index contributed by atoms with van der Waals surface area (Å²) in [5.41, 5.74) is 1.09. The number of hydrogen-bond acceptors (Lipinski definition) is 5. The van der Waals surface area contributed by atoms with Crippen molar-refractivity contribution in [3.63, 3.8) is 0 Å². The van der Waals surface area contributed by atoms with E-state index in [-0.39, 0.29) is 51.8 Å².